The van der Waals surface area contributed by atoms with Crippen LogP contribution in [0.5, 0.6) is 0 Å². The number of rotatable bonds is 4. The van der Waals surface area contributed by atoms with Crippen LogP contribution in [-0.2, 0) is 17.8 Å². The maximum atomic E-state index is 12.3. The van der Waals surface area contributed by atoms with E-state index in [0.29, 0.717) is 16.9 Å². The highest BCUT2D eigenvalue weighted by atomic mass is 19.4. The largest absolute Gasteiger partial charge is 0.408 e. The molecule has 0 bridgehead atoms. The number of para-hydroxylation sites is 2. The van der Waals surface area contributed by atoms with Gasteiger partial charge in [0.1, 0.15) is 6.54 Å². The van der Waals surface area contributed by atoms with E-state index in [9.17, 15) is 18.0 Å². The second kappa shape index (κ2) is 6.50. The Balaban J connectivity index is 1.71. The Morgan fingerprint density at radius 2 is 1.92 bits per heavy atom. The van der Waals surface area contributed by atoms with Crippen LogP contribution < -0.4 is 4.90 Å². The molecule has 0 aliphatic carbocycles. The zero-order valence-corrected chi connectivity index (χ0v) is 13.2. The average molecular weight is 349 g/mol. The van der Waals surface area contributed by atoms with Crippen molar-refractivity contribution in [2.75, 3.05) is 11.9 Å². The molecular formula is C16H14F3N5O. The lowest BCUT2D eigenvalue weighted by atomic mass is 10.3. The molecule has 3 aromatic rings. The number of likely N-dealkylation sites (N-methyl/N-ethyl adjacent to an activating group) is 1. The molecule has 25 heavy (non-hydrogen) atoms. The summed E-state index contributed by atoms with van der Waals surface area (Å²) in [5.41, 5.74) is 1.61. The van der Waals surface area contributed by atoms with Crippen molar-refractivity contribution in [2.24, 2.45) is 0 Å². The second-order valence-electron chi connectivity index (χ2n) is 5.47. The molecular weight excluding hydrogens is 335 g/mol. The topological polar surface area (TPSA) is 63.9 Å². The Bertz CT molecular complexity index is 906. The van der Waals surface area contributed by atoms with E-state index in [2.05, 4.69) is 15.1 Å². The van der Waals surface area contributed by atoms with Crippen LogP contribution >= 0.6 is 0 Å². The molecule has 1 amide bonds. The number of anilines is 1. The maximum Gasteiger partial charge on any atom is 0.408 e. The van der Waals surface area contributed by atoms with Crippen molar-refractivity contribution in [3.05, 3.63) is 48.4 Å². The molecule has 0 fully saturated rings. The van der Waals surface area contributed by atoms with E-state index in [1.165, 1.54) is 30.4 Å². The Morgan fingerprint density at radius 3 is 2.64 bits per heavy atom. The SMILES string of the molecule is CN(C(=O)Cc1ccn(CC(F)(F)F)n1)c1cnc2ccccc2n1. The lowest BCUT2D eigenvalue weighted by Gasteiger charge is -2.15. The van der Waals surface area contributed by atoms with Gasteiger partial charge >= 0.3 is 6.18 Å². The van der Waals surface area contributed by atoms with Crippen molar-refractivity contribution in [3.8, 4) is 0 Å². The first-order valence-corrected chi connectivity index (χ1v) is 7.39. The minimum atomic E-state index is -4.36. The molecule has 0 spiro atoms. The minimum Gasteiger partial charge on any atom is -0.298 e. The van der Waals surface area contributed by atoms with E-state index in [1.807, 2.05) is 12.1 Å². The van der Waals surface area contributed by atoms with Crippen LogP contribution in [0.2, 0.25) is 0 Å². The highest BCUT2D eigenvalue weighted by Gasteiger charge is 2.28. The van der Waals surface area contributed by atoms with E-state index >= 15 is 0 Å². The molecule has 3 rings (SSSR count). The third-order valence-corrected chi connectivity index (χ3v) is 3.52. The third kappa shape index (κ3) is 4.11. The molecule has 0 aliphatic rings. The summed E-state index contributed by atoms with van der Waals surface area (Å²) >= 11 is 0. The first-order chi connectivity index (χ1) is 11.8. The molecule has 0 N–H and O–H groups in total. The summed E-state index contributed by atoms with van der Waals surface area (Å²) in [5.74, 6) is 0.0141. The number of nitrogens with zero attached hydrogens (tertiary/aromatic N) is 5. The monoisotopic (exact) mass is 349 g/mol. The smallest absolute Gasteiger partial charge is 0.298 e. The Kier molecular flexibility index (Phi) is 4.39. The van der Waals surface area contributed by atoms with Crippen LogP contribution in [0.25, 0.3) is 11.0 Å². The fourth-order valence-electron chi connectivity index (χ4n) is 2.28. The van der Waals surface area contributed by atoms with Gasteiger partial charge in [0, 0.05) is 13.2 Å². The standard InChI is InChI=1S/C16H14F3N5O/c1-23(14-9-20-12-4-2-3-5-13(12)21-14)15(25)8-11-6-7-24(22-11)10-16(17,18)19/h2-7,9H,8,10H2,1H3. The molecule has 0 saturated carbocycles. The van der Waals surface area contributed by atoms with Gasteiger partial charge < -0.3 is 0 Å². The zero-order valence-electron chi connectivity index (χ0n) is 13.2. The number of alkyl halides is 3. The third-order valence-electron chi connectivity index (χ3n) is 3.52. The summed E-state index contributed by atoms with van der Waals surface area (Å²) in [6.45, 7) is -1.19. The van der Waals surface area contributed by atoms with Crippen molar-refractivity contribution >= 4 is 22.8 Å². The van der Waals surface area contributed by atoms with Crippen molar-refractivity contribution in [2.45, 2.75) is 19.1 Å². The van der Waals surface area contributed by atoms with Crippen LogP contribution in [0.1, 0.15) is 5.69 Å². The van der Waals surface area contributed by atoms with Gasteiger partial charge in [0.15, 0.2) is 5.82 Å². The number of aromatic nitrogens is 4. The Morgan fingerprint density at radius 1 is 1.20 bits per heavy atom. The first kappa shape index (κ1) is 16.9. The summed E-state index contributed by atoms with van der Waals surface area (Å²) in [4.78, 5) is 22.2. The van der Waals surface area contributed by atoms with Gasteiger partial charge in [0.05, 0.1) is 29.3 Å². The van der Waals surface area contributed by atoms with E-state index in [0.717, 1.165) is 4.68 Å². The van der Waals surface area contributed by atoms with Crippen molar-refractivity contribution in [1.82, 2.24) is 19.7 Å². The lowest BCUT2D eigenvalue weighted by molar-refractivity contribution is -0.142. The molecule has 9 heteroatoms. The Labute approximate surface area is 140 Å². The molecule has 1 aromatic carbocycles. The van der Waals surface area contributed by atoms with Crippen LogP contribution in [0.3, 0.4) is 0 Å². The second-order valence-corrected chi connectivity index (χ2v) is 5.47. The highest BCUT2D eigenvalue weighted by Crippen LogP contribution is 2.18. The van der Waals surface area contributed by atoms with Gasteiger partial charge in [-0.25, -0.2) is 4.98 Å². The van der Waals surface area contributed by atoms with Gasteiger partial charge in [-0.1, -0.05) is 12.1 Å². The predicted molar refractivity (Wildman–Crippen MR) is 84.9 cm³/mol. The number of carbonyl (C=O) groups is 1. The van der Waals surface area contributed by atoms with E-state index < -0.39 is 12.7 Å². The van der Waals surface area contributed by atoms with Gasteiger partial charge in [0.25, 0.3) is 0 Å². The Hall–Kier alpha value is -2.97. The normalized spacial score (nSPS) is 11.7. The van der Waals surface area contributed by atoms with Crippen molar-refractivity contribution < 1.29 is 18.0 Å². The van der Waals surface area contributed by atoms with Gasteiger partial charge in [-0.05, 0) is 18.2 Å². The molecule has 2 aromatic heterocycles. The summed E-state index contributed by atoms with van der Waals surface area (Å²) in [6, 6.07) is 8.63. The first-order valence-electron chi connectivity index (χ1n) is 7.39. The molecule has 0 unspecified atom stereocenters. The molecule has 0 radical (unpaired) electrons. The maximum absolute atomic E-state index is 12.3. The molecule has 2 heterocycles. The number of halogens is 3. The summed E-state index contributed by atoms with van der Waals surface area (Å²) in [5, 5.41) is 3.77. The zero-order chi connectivity index (χ0) is 18.0. The van der Waals surface area contributed by atoms with Gasteiger partial charge in [-0.2, -0.15) is 18.3 Å². The average Bonchev–Trinajstić information content (AvgIpc) is 2.98. The summed E-state index contributed by atoms with van der Waals surface area (Å²) < 4.78 is 37.8. The summed E-state index contributed by atoms with van der Waals surface area (Å²) in [6.07, 6.45) is -1.81. The highest BCUT2D eigenvalue weighted by molar-refractivity contribution is 5.93. The van der Waals surface area contributed by atoms with Crippen LogP contribution in [0.4, 0.5) is 19.0 Å². The lowest BCUT2D eigenvalue weighted by Crippen LogP contribution is -2.29. The number of fused-ring (bicyclic) bond motifs is 1. The number of carbonyl (C=O) groups excluding carboxylic acids is 1. The number of benzene rings is 1. The number of amides is 1. The quantitative estimate of drug-likeness (QED) is 0.726. The number of hydrogen-bond acceptors (Lipinski definition) is 4. The van der Waals surface area contributed by atoms with Crippen LogP contribution in [-0.4, -0.2) is 38.9 Å². The summed E-state index contributed by atoms with van der Waals surface area (Å²) in [7, 11) is 1.54. The van der Waals surface area contributed by atoms with E-state index in [1.54, 1.807) is 12.1 Å². The molecule has 0 atom stereocenters. The van der Waals surface area contributed by atoms with Crippen LogP contribution in [0.15, 0.2) is 42.7 Å². The molecule has 0 saturated heterocycles. The molecule has 6 nitrogen and oxygen atoms in total. The fraction of sp³-hybridized carbons (Fsp3) is 0.250. The van der Waals surface area contributed by atoms with Crippen molar-refractivity contribution in [3.63, 3.8) is 0 Å². The molecule has 0 aliphatic heterocycles. The minimum absolute atomic E-state index is 0.129. The predicted octanol–water partition coefficient (Wildman–Crippen LogP) is 2.59. The van der Waals surface area contributed by atoms with Gasteiger partial charge in [-0.15, -0.1) is 0 Å². The number of hydrogen-bond donors (Lipinski definition) is 0. The van der Waals surface area contributed by atoms with Crippen molar-refractivity contribution in [1.29, 1.82) is 0 Å². The van der Waals surface area contributed by atoms with E-state index in [-0.39, 0.29) is 18.0 Å². The molecule has 130 valence electrons. The van der Waals surface area contributed by atoms with E-state index in [4.69, 9.17) is 0 Å². The fourth-order valence-corrected chi connectivity index (χ4v) is 2.28. The van der Waals surface area contributed by atoms with Gasteiger partial charge in [-0.3, -0.25) is 19.4 Å². The van der Waals surface area contributed by atoms with Gasteiger partial charge in [0.2, 0.25) is 5.91 Å². The van der Waals surface area contributed by atoms with Crippen LogP contribution in [0, 0.1) is 0 Å².